The molecule has 1 fully saturated rings. The van der Waals surface area contributed by atoms with Gasteiger partial charge in [0.2, 0.25) is 0 Å². The fourth-order valence-electron chi connectivity index (χ4n) is 4.27. The van der Waals surface area contributed by atoms with Gasteiger partial charge in [-0.05, 0) is 47.2 Å². The summed E-state index contributed by atoms with van der Waals surface area (Å²) in [7, 11) is 0. The predicted molar refractivity (Wildman–Crippen MR) is 123 cm³/mol. The molecule has 9 nitrogen and oxygen atoms in total. The molecular formula is C24H26N6O3. The number of rotatable bonds is 7. The van der Waals surface area contributed by atoms with Gasteiger partial charge in [0.05, 0.1) is 26.4 Å². The molecule has 0 amide bonds. The Bertz CT molecular complexity index is 1280. The summed E-state index contributed by atoms with van der Waals surface area (Å²) in [4.78, 5) is 18.5. The van der Waals surface area contributed by atoms with Crippen molar-refractivity contribution in [2.75, 3.05) is 32.9 Å². The monoisotopic (exact) mass is 446 g/mol. The molecule has 2 aromatic heterocycles. The zero-order chi connectivity index (χ0) is 22.6. The second-order valence-corrected chi connectivity index (χ2v) is 7.97. The van der Waals surface area contributed by atoms with Crippen LogP contribution in [-0.2, 0) is 11.3 Å². The van der Waals surface area contributed by atoms with Gasteiger partial charge in [-0.3, -0.25) is 9.69 Å². The quantitative estimate of drug-likeness (QED) is 0.465. The molecule has 1 saturated heterocycles. The van der Waals surface area contributed by atoms with Crippen LogP contribution in [0.15, 0.2) is 59.4 Å². The maximum absolute atomic E-state index is 13.3. The zero-order valence-corrected chi connectivity index (χ0v) is 18.5. The molecule has 0 aliphatic carbocycles. The summed E-state index contributed by atoms with van der Waals surface area (Å²) in [5, 5.41) is 13.5. The van der Waals surface area contributed by atoms with Crippen LogP contribution in [0.3, 0.4) is 0 Å². The van der Waals surface area contributed by atoms with Gasteiger partial charge in [0.25, 0.3) is 5.56 Å². The van der Waals surface area contributed by atoms with Crippen molar-refractivity contribution in [3.8, 4) is 5.75 Å². The Balaban J connectivity index is 1.61. The lowest BCUT2D eigenvalue weighted by Crippen LogP contribution is -2.42. The van der Waals surface area contributed by atoms with Crippen molar-refractivity contribution < 1.29 is 9.47 Å². The van der Waals surface area contributed by atoms with E-state index in [0.717, 1.165) is 22.2 Å². The molecule has 2 aromatic carbocycles. The number of hydrogen-bond donors (Lipinski definition) is 1. The molecule has 0 unspecified atom stereocenters. The molecule has 5 rings (SSSR count). The first-order valence-corrected chi connectivity index (χ1v) is 11.1. The van der Waals surface area contributed by atoms with E-state index in [4.69, 9.17) is 9.47 Å². The average molecular weight is 447 g/mol. The highest BCUT2D eigenvalue weighted by Gasteiger charge is 2.31. The van der Waals surface area contributed by atoms with Gasteiger partial charge in [-0.2, -0.15) is 0 Å². The van der Waals surface area contributed by atoms with E-state index in [9.17, 15) is 4.79 Å². The van der Waals surface area contributed by atoms with Crippen LogP contribution in [0.5, 0.6) is 5.75 Å². The third-order valence-corrected chi connectivity index (χ3v) is 5.84. The van der Waals surface area contributed by atoms with Gasteiger partial charge in [0.15, 0.2) is 5.82 Å². The standard InChI is InChI=1S/C24H26N6O3/c1-2-33-19-8-9-21-18(14-19)15-20(24(31)25-21)22(29-10-12-32-13-11-29)23-26-27-28-30(23)16-17-6-4-3-5-7-17/h3-9,14-15,22H,2,10-13,16H2,1H3,(H,25,31)/t22-/m1/s1. The maximum Gasteiger partial charge on any atom is 0.253 e. The molecule has 0 spiro atoms. The topological polar surface area (TPSA) is 98.2 Å². The normalized spacial score (nSPS) is 15.5. The number of H-pyrrole nitrogens is 1. The number of aromatic amines is 1. The fraction of sp³-hybridized carbons (Fsp3) is 0.333. The largest absolute Gasteiger partial charge is 0.494 e. The van der Waals surface area contributed by atoms with Gasteiger partial charge in [-0.1, -0.05) is 30.3 Å². The molecule has 170 valence electrons. The first-order chi connectivity index (χ1) is 16.2. The Labute approximate surface area is 190 Å². The van der Waals surface area contributed by atoms with Gasteiger partial charge in [0, 0.05) is 29.6 Å². The van der Waals surface area contributed by atoms with Gasteiger partial charge in [-0.15, -0.1) is 5.10 Å². The molecule has 1 aliphatic rings. The number of hydrogen-bond acceptors (Lipinski definition) is 7. The zero-order valence-electron chi connectivity index (χ0n) is 18.5. The van der Waals surface area contributed by atoms with Crippen LogP contribution >= 0.6 is 0 Å². The average Bonchev–Trinajstić information content (AvgIpc) is 3.29. The van der Waals surface area contributed by atoms with Gasteiger partial charge < -0.3 is 14.5 Å². The van der Waals surface area contributed by atoms with E-state index in [1.165, 1.54) is 0 Å². The summed E-state index contributed by atoms with van der Waals surface area (Å²) in [6, 6.07) is 17.2. The molecule has 0 radical (unpaired) electrons. The number of benzene rings is 2. The second-order valence-electron chi connectivity index (χ2n) is 7.97. The van der Waals surface area contributed by atoms with Crippen LogP contribution in [0.2, 0.25) is 0 Å². The van der Waals surface area contributed by atoms with Crippen molar-refractivity contribution in [1.82, 2.24) is 30.1 Å². The van der Waals surface area contributed by atoms with Crippen molar-refractivity contribution in [3.63, 3.8) is 0 Å². The Morgan fingerprint density at radius 1 is 1.12 bits per heavy atom. The van der Waals surface area contributed by atoms with E-state index in [1.54, 1.807) is 4.68 Å². The second kappa shape index (κ2) is 9.51. The van der Waals surface area contributed by atoms with E-state index >= 15 is 0 Å². The molecule has 1 atom stereocenters. The number of fused-ring (bicyclic) bond motifs is 1. The van der Waals surface area contributed by atoms with Gasteiger partial charge in [0.1, 0.15) is 11.8 Å². The molecular weight excluding hydrogens is 420 g/mol. The van der Waals surface area contributed by atoms with Crippen LogP contribution in [0.25, 0.3) is 10.9 Å². The Hall–Kier alpha value is -3.56. The van der Waals surface area contributed by atoms with E-state index in [0.29, 0.717) is 50.8 Å². The van der Waals surface area contributed by atoms with Crippen LogP contribution in [0.4, 0.5) is 0 Å². The minimum Gasteiger partial charge on any atom is -0.494 e. The maximum atomic E-state index is 13.3. The summed E-state index contributed by atoms with van der Waals surface area (Å²) >= 11 is 0. The molecule has 1 aliphatic heterocycles. The number of ether oxygens (including phenoxy) is 2. The SMILES string of the molecule is CCOc1ccc2[nH]c(=O)c([C@H](c3nnnn3Cc3ccccc3)N3CCOCC3)cc2c1. The number of tetrazole rings is 1. The van der Waals surface area contributed by atoms with Crippen molar-refractivity contribution in [3.05, 3.63) is 81.9 Å². The highest BCUT2D eigenvalue weighted by molar-refractivity contribution is 5.80. The summed E-state index contributed by atoms with van der Waals surface area (Å²) in [6.07, 6.45) is 0. The Morgan fingerprint density at radius 2 is 1.94 bits per heavy atom. The summed E-state index contributed by atoms with van der Waals surface area (Å²) in [6.45, 7) is 5.59. The lowest BCUT2D eigenvalue weighted by atomic mass is 10.0. The number of nitrogens with one attached hydrogen (secondary N) is 1. The van der Waals surface area contributed by atoms with Crippen molar-refractivity contribution in [2.45, 2.75) is 19.5 Å². The highest BCUT2D eigenvalue weighted by Crippen LogP contribution is 2.28. The summed E-state index contributed by atoms with van der Waals surface area (Å²) < 4.78 is 13.0. The molecule has 1 N–H and O–H groups in total. The molecule has 0 bridgehead atoms. The lowest BCUT2D eigenvalue weighted by molar-refractivity contribution is 0.0214. The van der Waals surface area contributed by atoms with E-state index < -0.39 is 6.04 Å². The predicted octanol–water partition coefficient (Wildman–Crippen LogP) is 2.38. The highest BCUT2D eigenvalue weighted by atomic mass is 16.5. The molecule has 0 saturated carbocycles. The number of pyridine rings is 1. The fourth-order valence-corrected chi connectivity index (χ4v) is 4.27. The summed E-state index contributed by atoms with van der Waals surface area (Å²) in [5.74, 6) is 1.39. The van der Waals surface area contributed by atoms with Crippen molar-refractivity contribution in [1.29, 1.82) is 0 Å². The summed E-state index contributed by atoms with van der Waals surface area (Å²) in [5.41, 5.74) is 2.29. The molecule has 9 heteroatoms. The van der Waals surface area contributed by atoms with Crippen LogP contribution in [-0.4, -0.2) is 63.0 Å². The number of nitrogens with zero attached hydrogens (tertiary/aromatic N) is 5. The first-order valence-electron chi connectivity index (χ1n) is 11.1. The molecule has 3 heterocycles. The van der Waals surface area contributed by atoms with Crippen LogP contribution in [0.1, 0.15) is 29.9 Å². The van der Waals surface area contributed by atoms with Gasteiger partial charge >= 0.3 is 0 Å². The van der Waals surface area contributed by atoms with Gasteiger partial charge in [-0.25, -0.2) is 4.68 Å². The van der Waals surface area contributed by atoms with Crippen molar-refractivity contribution in [2.24, 2.45) is 0 Å². The number of aromatic nitrogens is 5. The van der Waals surface area contributed by atoms with Crippen LogP contribution < -0.4 is 10.3 Å². The number of morpholine rings is 1. The Morgan fingerprint density at radius 3 is 2.73 bits per heavy atom. The third-order valence-electron chi connectivity index (χ3n) is 5.84. The van der Waals surface area contributed by atoms with E-state index in [2.05, 4.69) is 25.4 Å². The van der Waals surface area contributed by atoms with Crippen LogP contribution in [0, 0.1) is 0 Å². The minimum absolute atomic E-state index is 0.155. The van der Waals surface area contributed by atoms with E-state index in [1.807, 2.05) is 61.5 Å². The smallest absolute Gasteiger partial charge is 0.253 e. The van der Waals surface area contributed by atoms with E-state index in [-0.39, 0.29) is 5.56 Å². The third kappa shape index (κ3) is 4.50. The lowest BCUT2D eigenvalue weighted by Gasteiger charge is -2.33. The molecule has 33 heavy (non-hydrogen) atoms. The minimum atomic E-state index is -0.406. The Kier molecular flexibility index (Phi) is 6.14. The van der Waals surface area contributed by atoms with Crippen molar-refractivity contribution >= 4 is 10.9 Å². The molecule has 4 aromatic rings. The first kappa shape index (κ1) is 21.3.